The molecule has 0 radical (unpaired) electrons. The maximum absolute atomic E-state index is 12.2. The number of guanidine groups is 1. The van der Waals surface area contributed by atoms with E-state index in [0.29, 0.717) is 17.7 Å². The lowest BCUT2D eigenvalue weighted by Crippen LogP contribution is -2.47. The van der Waals surface area contributed by atoms with Crippen LogP contribution in [-0.2, 0) is 10.8 Å². The second kappa shape index (κ2) is 9.21. The lowest BCUT2D eigenvalue weighted by atomic mass is 9.64. The van der Waals surface area contributed by atoms with Gasteiger partial charge in [0.2, 0.25) is 0 Å². The monoisotopic (exact) mass is 349 g/mol. The van der Waals surface area contributed by atoms with E-state index in [4.69, 9.17) is 0 Å². The van der Waals surface area contributed by atoms with Crippen LogP contribution in [0.5, 0.6) is 0 Å². The lowest BCUT2D eigenvalue weighted by Gasteiger charge is -2.43. The van der Waals surface area contributed by atoms with Gasteiger partial charge >= 0.3 is 0 Å². The third-order valence-corrected chi connectivity index (χ3v) is 6.07. The van der Waals surface area contributed by atoms with Crippen LogP contribution in [-0.4, -0.2) is 36.1 Å². The molecule has 0 aromatic heterocycles. The normalized spacial score (nSPS) is 18.1. The highest BCUT2D eigenvalue weighted by Gasteiger charge is 2.37. The Balaban J connectivity index is 1.74. The molecule has 0 aliphatic heterocycles. The molecular formula is C19H31N3OS. The quantitative estimate of drug-likeness (QED) is 0.560. The first-order chi connectivity index (χ1) is 11.5. The van der Waals surface area contributed by atoms with Gasteiger partial charge in [-0.2, -0.15) is 0 Å². The van der Waals surface area contributed by atoms with Crippen LogP contribution in [0.15, 0.2) is 40.2 Å². The molecule has 4 nitrogen and oxygen atoms in total. The van der Waals surface area contributed by atoms with Gasteiger partial charge in [-0.05, 0) is 42.7 Å². The zero-order chi connectivity index (χ0) is 17.4. The standard InChI is InChI=1S/C19H31N3OS/c1-16(2)14-19(10-7-11-19)15-22-18(20-3)21-12-13-24(23)17-8-5-4-6-9-17/h4-6,8-9,16H,7,10-15H2,1-3H3,(H2,20,21,22). The van der Waals surface area contributed by atoms with Crippen LogP contribution in [0.2, 0.25) is 0 Å². The molecule has 134 valence electrons. The van der Waals surface area contributed by atoms with Gasteiger partial charge in [-0.3, -0.25) is 9.20 Å². The van der Waals surface area contributed by atoms with Crippen LogP contribution < -0.4 is 10.6 Å². The molecule has 24 heavy (non-hydrogen) atoms. The SMILES string of the molecule is CN=C(NCCS(=O)c1ccccc1)NCC1(CC(C)C)CCC1. The van der Waals surface area contributed by atoms with Gasteiger partial charge in [-0.1, -0.05) is 38.5 Å². The highest BCUT2D eigenvalue weighted by Crippen LogP contribution is 2.45. The van der Waals surface area contributed by atoms with E-state index in [1.807, 2.05) is 30.3 Å². The van der Waals surface area contributed by atoms with Crippen molar-refractivity contribution in [2.75, 3.05) is 25.9 Å². The fourth-order valence-electron chi connectivity index (χ4n) is 3.44. The second-order valence-corrected chi connectivity index (χ2v) is 8.74. The molecule has 1 fully saturated rings. The Labute approximate surface area is 149 Å². The minimum absolute atomic E-state index is 0.443. The van der Waals surface area contributed by atoms with Crippen LogP contribution in [0.1, 0.15) is 39.5 Å². The largest absolute Gasteiger partial charge is 0.356 e. The number of rotatable bonds is 8. The molecule has 1 saturated carbocycles. The number of hydrogen-bond acceptors (Lipinski definition) is 2. The molecular weight excluding hydrogens is 318 g/mol. The van der Waals surface area contributed by atoms with E-state index in [1.54, 1.807) is 7.05 Å². The predicted molar refractivity (Wildman–Crippen MR) is 103 cm³/mol. The van der Waals surface area contributed by atoms with Crippen LogP contribution in [0, 0.1) is 11.3 Å². The summed E-state index contributed by atoms with van der Waals surface area (Å²) in [6.07, 6.45) is 5.24. The Bertz CT molecular complexity index is 553. The highest BCUT2D eigenvalue weighted by molar-refractivity contribution is 7.85. The van der Waals surface area contributed by atoms with Gasteiger partial charge < -0.3 is 10.6 Å². The average Bonchev–Trinajstić information content (AvgIpc) is 2.55. The van der Waals surface area contributed by atoms with Crippen molar-refractivity contribution in [1.29, 1.82) is 0 Å². The van der Waals surface area contributed by atoms with Crippen molar-refractivity contribution >= 4 is 16.8 Å². The molecule has 1 aromatic rings. The van der Waals surface area contributed by atoms with Gasteiger partial charge in [0.1, 0.15) is 0 Å². The smallest absolute Gasteiger partial charge is 0.191 e. The van der Waals surface area contributed by atoms with Crippen LogP contribution in [0.25, 0.3) is 0 Å². The second-order valence-electron chi connectivity index (χ2n) is 7.17. The number of benzene rings is 1. The highest BCUT2D eigenvalue weighted by atomic mass is 32.2. The maximum atomic E-state index is 12.2. The summed E-state index contributed by atoms with van der Waals surface area (Å²) in [5.41, 5.74) is 0.443. The zero-order valence-electron chi connectivity index (χ0n) is 15.2. The molecule has 1 aliphatic rings. The third kappa shape index (κ3) is 5.62. The molecule has 0 bridgehead atoms. The molecule has 0 heterocycles. The Morgan fingerprint density at radius 3 is 2.50 bits per heavy atom. The minimum atomic E-state index is -0.966. The predicted octanol–water partition coefficient (Wildman–Crippen LogP) is 3.18. The van der Waals surface area contributed by atoms with Crippen molar-refractivity contribution in [2.24, 2.45) is 16.3 Å². The number of hydrogen-bond donors (Lipinski definition) is 2. The molecule has 0 spiro atoms. The van der Waals surface area contributed by atoms with E-state index in [-0.39, 0.29) is 0 Å². The summed E-state index contributed by atoms with van der Waals surface area (Å²) in [5, 5.41) is 6.76. The Morgan fingerprint density at radius 2 is 1.96 bits per heavy atom. The van der Waals surface area contributed by atoms with Crippen molar-refractivity contribution in [3.05, 3.63) is 30.3 Å². The first-order valence-electron chi connectivity index (χ1n) is 8.93. The number of aliphatic imine (C=N–C) groups is 1. The summed E-state index contributed by atoms with van der Waals surface area (Å²) in [7, 11) is 0.825. The van der Waals surface area contributed by atoms with E-state index in [2.05, 4.69) is 29.5 Å². The summed E-state index contributed by atoms with van der Waals surface area (Å²) in [5.74, 6) is 2.13. The van der Waals surface area contributed by atoms with Gasteiger partial charge in [-0.25, -0.2) is 0 Å². The van der Waals surface area contributed by atoms with Crippen molar-refractivity contribution in [3.63, 3.8) is 0 Å². The molecule has 0 saturated heterocycles. The molecule has 2 rings (SSSR count). The molecule has 1 atom stereocenters. The van der Waals surface area contributed by atoms with Crippen molar-refractivity contribution in [2.45, 2.75) is 44.4 Å². The van der Waals surface area contributed by atoms with Gasteiger partial charge in [-0.15, -0.1) is 0 Å². The fourth-order valence-corrected chi connectivity index (χ4v) is 4.42. The van der Waals surface area contributed by atoms with Gasteiger partial charge in [0, 0.05) is 30.8 Å². The Hall–Kier alpha value is -1.36. The molecule has 1 unspecified atom stereocenters. The molecule has 1 aromatic carbocycles. The third-order valence-electron chi connectivity index (χ3n) is 4.70. The summed E-state index contributed by atoms with van der Waals surface area (Å²) < 4.78 is 12.2. The maximum Gasteiger partial charge on any atom is 0.191 e. The van der Waals surface area contributed by atoms with E-state index in [1.165, 1.54) is 25.7 Å². The van der Waals surface area contributed by atoms with E-state index in [9.17, 15) is 4.21 Å². The lowest BCUT2D eigenvalue weighted by molar-refractivity contribution is 0.104. The van der Waals surface area contributed by atoms with Gasteiger partial charge in [0.05, 0.1) is 10.8 Å². The topological polar surface area (TPSA) is 53.5 Å². The van der Waals surface area contributed by atoms with E-state index >= 15 is 0 Å². The molecule has 2 N–H and O–H groups in total. The summed E-state index contributed by atoms with van der Waals surface area (Å²) >= 11 is 0. The summed E-state index contributed by atoms with van der Waals surface area (Å²) in [4.78, 5) is 5.18. The Kier molecular flexibility index (Phi) is 7.28. The fraction of sp³-hybridized carbons (Fsp3) is 0.632. The van der Waals surface area contributed by atoms with Crippen molar-refractivity contribution < 1.29 is 4.21 Å². The first kappa shape index (κ1) is 19.0. The van der Waals surface area contributed by atoms with Crippen LogP contribution >= 0.6 is 0 Å². The zero-order valence-corrected chi connectivity index (χ0v) is 16.0. The van der Waals surface area contributed by atoms with Crippen LogP contribution in [0.4, 0.5) is 0 Å². The number of nitrogens with one attached hydrogen (secondary N) is 2. The molecule has 0 amide bonds. The van der Waals surface area contributed by atoms with E-state index in [0.717, 1.165) is 23.3 Å². The summed E-state index contributed by atoms with van der Waals surface area (Å²) in [6, 6.07) is 9.62. The van der Waals surface area contributed by atoms with Crippen molar-refractivity contribution in [3.8, 4) is 0 Å². The Morgan fingerprint density at radius 1 is 1.25 bits per heavy atom. The molecule has 1 aliphatic carbocycles. The minimum Gasteiger partial charge on any atom is -0.356 e. The van der Waals surface area contributed by atoms with Gasteiger partial charge in [0.15, 0.2) is 5.96 Å². The first-order valence-corrected chi connectivity index (χ1v) is 10.2. The summed E-state index contributed by atoms with van der Waals surface area (Å²) in [6.45, 7) is 6.23. The van der Waals surface area contributed by atoms with Crippen molar-refractivity contribution in [1.82, 2.24) is 10.6 Å². The average molecular weight is 350 g/mol. The number of nitrogens with zero attached hydrogens (tertiary/aromatic N) is 1. The molecule has 5 heteroatoms. The van der Waals surface area contributed by atoms with Gasteiger partial charge in [0.25, 0.3) is 0 Å². The van der Waals surface area contributed by atoms with E-state index < -0.39 is 10.8 Å². The van der Waals surface area contributed by atoms with Crippen LogP contribution in [0.3, 0.4) is 0 Å².